The van der Waals surface area contributed by atoms with Crippen molar-refractivity contribution in [2.75, 3.05) is 13.7 Å². The van der Waals surface area contributed by atoms with E-state index in [9.17, 15) is 0 Å². The standard InChI is InChI=1S/C12H15N3O2/c1-3-6-17-11-7-9(8-15-12(13)14)4-5-10(11)16-2/h1,4-5,7H,6,8H2,2H3,(H4,13,14,15). The van der Waals surface area contributed by atoms with Crippen molar-refractivity contribution in [2.45, 2.75) is 6.54 Å². The number of guanidine groups is 1. The number of aliphatic imine (C=N–C) groups is 1. The van der Waals surface area contributed by atoms with E-state index in [1.165, 1.54) is 0 Å². The van der Waals surface area contributed by atoms with Gasteiger partial charge in [-0.3, -0.25) is 0 Å². The number of methoxy groups -OCH3 is 1. The molecule has 1 aromatic carbocycles. The van der Waals surface area contributed by atoms with Gasteiger partial charge in [-0.2, -0.15) is 0 Å². The molecule has 0 unspecified atom stereocenters. The molecule has 0 spiro atoms. The van der Waals surface area contributed by atoms with Crippen molar-refractivity contribution in [1.29, 1.82) is 0 Å². The lowest BCUT2D eigenvalue weighted by molar-refractivity contribution is 0.330. The zero-order chi connectivity index (χ0) is 12.7. The number of rotatable bonds is 5. The van der Waals surface area contributed by atoms with Gasteiger partial charge in [0.1, 0.15) is 6.61 Å². The van der Waals surface area contributed by atoms with Crippen LogP contribution in [0.15, 0.2) is 23.2 Å². The van der Waals surface area contributed by atoms with E-state index in [4.69, 9.17) is 27.4 Å². The highest BCUT2D eigenvalue weighted by Crippen LogP contribution is 2.28. The summed E-state index contributed by atoms with van der Waals surface area (Å²) in [5, 5.41) is 0. The van der Waals surface area contributed by atoms with E-state index in [0.29, 0.717) is 18.0 Å². The van der Waals surface area contributed by atoms with Crippen molar-refractivity contribution in [2.24, 2.45) is 16.5 Å². The van der Waals surface area contributed by atoms with Gasteiger partial charge in [0.15, 0.2) is 17.5 Å². The molecule has 0 aliphatic heterocycles. The van der Waals surface area contributed by atoms with Crippen LogP contribution in [-0.2, 0) is 6.54 Å². The van der Waals surface area contributed by atoms with Gasteiger partial charge < -0.3 is 20.9 Å². The van der Waals surface area contributed by atoms with Gasteiger partial charge >= 0.3 is 0 Å². The van der Waals surface area contributed by atoms with Crippen molar-refractivity contribution in [3.05, 3.63) is 23.8 Å². The maximum atomic E-state index is 5.35. The first-order valence-electron chi connectivity index (χ1n) is 4.96. The van der Waals surface area contributed by atoms with Crippen molar-refractivity contribution in [3.63, 3.8) is 0 Å². The van der Waals surface area contributed by atoms with E-state index in [1.807, 2.05) is 6.07 Å². The number of terminal acetylenes is 1. The summed E-state index contributed by atoms with van der Waals surface area (Å²) in [5.41, 5.74) is 11.4. The zero-order valence-electron chi connectivity index (χ0n) is 9.64. The number of ether oxygens (including phenoxy) is 2. The van der Waals surface area contributed by atoms with E-state index < -0.39 is 0 Å². The van der Waals surface area contributed by atoms with Crippen LogP contribution in [-0.4, -0.2) is 19.7 Å². The molecule has 0 radical (unpaired) electrons. The highest BCUT2D eigenvalue weighted by molar-refractivity contribution is 5.75. The fraction of sp³-hybridized carbons (Fsp3) is 0.250. The van der Waals surface area contributed by atoms with Crippen LogP contribution in [0, 0.1) is 12.3 Å². The van der Waals surface area contributed by atoms with Gasteiger partial charge in [-0.1, -0.05) is 12.0 Å². The molecule has 5 nitrogen and oxygen atoms in total. The summed E-state index contributed by atoms with van der Waals surface area (Å²) in [6, 6.07) is 5.43. The highest BCUT2D eigenvalue weighted by Gasteiger charge is 2.05. The van der Waals surface area contributed by atoms with Crippen molar-refractivity contribution < 1.29 is 9.47 Å². The van der Waals surface area contributed by atoms with Gasteiger partial charge in [0, 0.05) is 0 Å². The molecular formula is C12H15N3O2. The summed E-state index contributed by atoms with van der Waals surface area (Å²) < 4.78 is 10.5. The molecule has 1 aromatic rings. The minimum atomic E-state index is 0.0481. The summed E-state index contributed by atoms with van der Waals surface area (Å²) in [6.07, 6.45) is 5.13. The Morgan fingerprint density at radius 3 is 2.76 bits per heavy atom. The molecule has 5 heteroatoms. The van der Waals surface area contributed by atoms with Crippen LogP contribution in [0.2, 0.25) is 0 Å². The largest absolute Gasteiger partial charge is 0.493 e. The van der Waals surface area contributed by atoms with Gasteiger partial charge in [0.05, 0.1) is 13.7 Å². The first kappa shape index (κ1) is 12.7. The Labute approximate surface area is 100 Å². The molecule has 0 heterocycles. The quantitative estimate of drug-likeness (QED) is 0.440. The number of benzene rings is 1. The minimum absolute atomic E-state index is 0.0481. The summed E-state index contributed by atoms with van der Waals surface area (Å²) in [6.45, 7) is 0.570. The monoisotopic (exact) mass is 233 g/mol. The Morgan fingerprint density at radius 1 is 1.41 bits per heavy atom. The molecule has 1 rings (SSSR count). The third-order valence-electron chi connectivity index (χ3n) is 1.98. The first-order chi connectivity index (χ1) is 8.17. The second-order valence-corrected chi connectivity index (χ2v) is 3.22. The summed E-state index contributed by atoms with van der Waals surface area (Å²) in [5.74, 6) is 3.64. The predicted molar refractivity (Wildman–Crippen MR) is 66.8 cm³/mol. The van der Waals surface area contributed by atoms with E-state index in [-0.39, 0.29) is 12.6 Å². The van der Waals surface area contributed by atoms with Crippen LogP contribution in [0.1, 0.15) is 5.56 Å². The fourth-order valence-corrected chi connectivity index (χ4v) is 1.23. The molecule has 4 N–H and O–H groups in total. The topological polar surface area (TPSA) is 82.9 Å². The molecule has 17 heavy (non-hydrogen) atoms. The average molecular weight is 233 g/mol. The Bertz CT molecular complexity index is 446. The molecule has 0 atom stereocenters. The number of hydrogen-bond donors (Lipinski definition) is 2. The van der Waals surface area contributed by atoms with E-state index in [0.717, 1.165) is 5.56 Å². The van der Waals surface area contributed by atoms with Gasteiger partial charge in [-0.25, -0.2) is 4.99 Å². The lowest BCUT2D eigenvalue weighted by atomic mass is 10.2. The average Bonchev–Trinajstić information content (AvgIpc) is 2.33. The minimum Gasteiger partial charge on any atom is -0.493 e. The molecule has 0 saturated carbocycles. The molecule has 0 bridgehead atoms. The highest BCUT2D eigenvalue weighted by atomic mass is 16.5. The number of nitrogens with two attached hydrogens (primary N) is 2. The molecule has 0 amide bonds. The summed E-state index contributed by atoms with van der Waals surface area (Å²) in [4.78, 5) is 3.91. The van der Waals surface area contributed by atoms with Gasteiger partial charge in [0.2, 0.25) is 0 Å². The van der Waals surface area contributed by atoms with Gasteiger partial charge in [-0.15, -0.1) is 6.42 Å². The molecular weight excluding hydrogens is 218 g/mol. The maximum Gasteiger partial charge on any atom is 0.186 e. The predicted octanol–water partition coefficient (Wildman–Crippen LogP) is 0.481. The zero-order valence-corrected chi connectivity index (χ0v) is 9.64. The molecule has 0 aliphatic carbocycles. The third-order valence-corrected chi connectivity index (χ3v) is 1.98. The van der Waals surface area contributed by atoms with Crippen LogP contribution >= 0.6 is 0 Å². The van der Waals surface area contributed by atoms with Gasteiger partial charge in [0.25, 0.3) is 0 Å². The van der Waals surface area contributed by atoms with Crippen molar-refractivity contribution in [3.8, 4) is 23.8 Å². The molecule has 0 fully saturated rings. The molecule has 90 valence electrons. The SMILES string of the molecule is C#CCOc1cc(CN=C(N)N)ccc1OC. The normalized spacial score (nSPS) is 9.18. The van der Waals surface area contributed by atoms with E-state index in [2.05, 4.69) is 10.9 Å². The molecule has 0 aliphatic rings. The Morgan fingerprint density at radius 2 is 2.18 bits per heavy atom. The van der Waals surface area contributed by atoms with Crippen LogP contribution in [0.3, 0.4) is 0 Å². The molecule has 0 aromatic heterocycles. The second-order valence-electron chi connectivity index (χ2n) is 3.22. The van der Waals surface area contributed by atoms with E-state index in [1.54, 1.807) is 19.2 Å². The lowest BCUT2D eigenvalue weighted by Gasteiger charge is -2.09. The Balaban J connectivity index is 2.88. The van der Waals surface area contributed by atoms with Crippen LogP contribution in [0.5, 0.6) is 11.5 Å². The Hall–Kier alpha value is -2.35. The second kappa shape index (κ2) is 6.28. The van der Waals surface area contributed by atoms with E-state index >= 15 is 0 Å². The van der Waals surface area contributed by atoms with Gasteiger partial charge in [-0.05, 0) is 17.7 Å². The van der Waals surface area contributed by atoms with Crippen LogP contribution in [0.25, 0.3) is 0 Å². The van der Waals surface area contributed by atoms with Crippen LogP contribution in [0.4, 0.5) is 0 Å². The smallest absolute Gasteiger partial charge is 0.186 e. The fourth-order valence-electron chi connectivity index (χ4n) is 1.23. The Kier molecular flexibility index (Phi) is 4.70. The van der Waals surface area contributed by atoms with Crippen LogP contribution < -0.4 is 20.9 Å². The molecule has 0 saturated heterocycles. The van der Waals surface area contributed by atoms with Crippen molar-refractivity contribution in [1.82, 2.24) is 0 Å². The number of hydrogen-bond acceptors (Lipinski definition) is 3. The maximum absolute atomic E-state index is 5.35. The summed E-state index contributed by atoms with van der Waals surface area (Å²) in [7, 11) is 1.56. The van der Waals surface area contributed by atoms with Crippen molar-refractivity contribution >= 4 is 5.96 Å². The first-order valence-corrected chi connectivity index (χ1v) is 4.96. The number of nitrogens with zero attached hydrogens (tertiary/aromatic N) is 1. The third kappa shape index (κ3) is 3.95. The summed E-state index contributed by atoms with van der Waals surface area (Å²) >= 11 is 0. The lowest BCUT2D eigenvalue weighted by Crippen LogP contribution is -2.22.